The van der Waals surface area contributed by atoms with Gasteiger partial charge in [-0.2, -0.15) is 0 Å². The summed E-state index contributed by atoms with van der Waals surface area (Å²) in [5.41, 5.74) is 0.290. The molecule has 11 heteroatoms. The highest BCUT2D eigenvalue weighted by molar-refractivity contribution is 5.93. The van der Waals surface area contributed by atoms with Gasteiger partial charge < -0.3 is 30.4 Å². The Balaban J connectivity index is 1.01. The molecule has 11 nitrogen and oxygen atoms in total. The molecule has 1 aromatic carbocycles. The lowest BCUT2D eigenvalue weighted by atomic mass is 9.46. The van der Waals surface area contributed by atoms with Crippen molar-refractivity contribution in [1.29, 1.82) is 0 Å². The molecule has 0 bridgehead atoms. The first-order valence-corrected chi connectivity index (χ1v) is 16.7. The van der Waals surface area contributed by atoms with E-state index in [1.807, 2.05) is 13.0 Å². The van der Waals surface area contributed by atoms with Crippen molar-refractivity contribution < 1.29 is 44.0 Å². The molecule has 2 aromatic rings. The second-order valence-electron chi connectivity index (χ2n) is 14.6. The van der Waals surface area contributed by atoms with Crippen molar-refractivity contribution in [3.8, 4) is 5.75 Å². The highest BCUT2D eigenvalue weighted by Gasteiger charge is 2.66. The van der Waals surface area contributed by atoms with Gasteiger partial charge in [0.05, 0.1) is 6.42 Å². The molecule has 5 N–H and O–H groups in total. The number of carboxylic acid groups (broad SMARTS) is 1. The molecule has 0 aliphatic heterocycles. The summed E-state index contributed by atoms with van der Waals surface area (Å²) in [7, 11) is 0. The molecule has 0 spiro atoms. The lowest BCUT2D eigenvalue weighted by Gasteiger charge is -2.58. The molecule has 1 heterocycles. The fraction of sp³-hybridized carbons (Fsp3) is 0.583. The molecule has 1 amide bonds. The van der Waals surface area contributed by atoms with Gasteiger partial charge in [0.2, 0.25) is 11.7 Å². The SMILES string of the molecule is C[C@]12CCC(=O)C=C1CC[C@@H]1[C@@H]2CC[C@@]2(C)[C@H]1CC[C@]2(O)C(=O)COC(=O)CCC(=O)N[C@@H](Cc1c[nH]c2ccc(O)cc12)C(=O)O. The van der Waals surface area contributed by atoms with E-state index in [-0.39, 0.29) is 42.1 Å². The van der Waals surface area contributed by atoms with Crippen LogP contribution in [0.2, 0.25) is 0 Å². The van der Waals surface area contributed by atoms with Gasteiger partial charge in [-0.15, -0.1) is 0 Å². The molecular weight excluding hydrogens is 604 g/mol. The van der Waals surface area contributed by atoms with Crippen LogP contribution in [0, 0.1) is 28.6 Å². The number of Topliss-reactive ketones (excluding diaryl/α,β-unsaturated/α-hetero) is 1. The summed E-state index contributed by atoms with van der Waals surface area (Å²) < 4.78 is 5.25. The maximum atomic E-state index is 13.5. The van der Waals surface area contributed by atoms with Crippen molar-refractivity contribution in [3.05, 3.63) is 41.6 Å². The van der Waals surface area contributed by atoms with Gasteiger partial charge in [0, 0.05) is 41.8 Å². The number of nitrogens with one attached hydrogen (secondary N) is 2. The van der Waals surface area contributed by atoms with Crippen LogP contribution < -0.4 is 5.32 Å². The first kappa shape index (κ1) is 32.9. The van der Waals surface area contributed by atoms with E-state index >= 15 is 0 Å². The number of carbonyl (C=O) groups is 5. The Morgan fingerprint density at radius 2 is 1.81 bits per heavy atom. The number of phenols is 1. The Kier molecular flexibility index (Phi) is 8.57. The quantitative estimate of drug-likeness (QED) is 0.236. The minimum absolute atomic E-state index is 0.0183. The van der Waals surface area contributed by atoms with E-state index in [1.165, 1.54) is 17.7 Å². The number of hydrogen-bond acceptors (Lipinski definition) is 8. The van der Waals surface area contributed by atoms with Crippen LogP contribution in [0.3, 0.4) is 0 Å². The number of phenolic OH excluding ortho intramolecular Hbond substituents is 1. The number of esters is 1. The Hall–Kier alpha value is -3.99. The number of H-pyrrole nitrogens is 1. The van der Waals surface area contributed by atoms with Crippen molar-refractivity contribution in [2.24, 2.45) is 28.6 Å². The molecule has 3 fully saturated rings. The van der Waals surface area contributed by atoms with Crippen LogP contribution in [0.1, 0.15) is 83.6 Å². The number of ether oxygens (including phenoxy) is 1. The zero-order valence-corrected chi connectivity index (χ0v) is 27.0. The number of aromatic amines is 1. The fourth-order valence-electron chi connectivity index (χ4n) is 9.61. The Morgan fingerprint density at radius 1 is 1.04 bits per heavy atom. The van der Waals surface area contributed by atoms with Gasteiger partial charge in [-0.1, -0.05) is 19.4 Å². The number of hydrogen-bond donors (Lipinski definition) is 5. The van der Waals surface area contributed by atoms with Crippen LogP contribution in [0.5, 0.6) is 5.75 Å². The average Bonchev–Trinajstić information content (AvgIpc) is 3.56. The van der Waals surface area contributed by atoms with Crippen molar-refractivity contribution in [2.75, 3.05) is 6.61 Å². The summed E-state index contributed by atoms with van der Waals surface area (Å²) in [5, 5.41) is 34.4. The van der Waals surface area contributed by atoms with Crippen LogP contribution >= 0.6 is 0 Å². The number of aromatic hydroxyl groups is 1. The number of carboxylic acids is 1. The Bertz CT molecular complexity index is 1660. The highest BCUT2D eigenvalue weighted by atomic mass is 16.5. The Morgan fingerprint density at radius 3 is 2.57 bits per heavy atom. The molecule has 3 saturated carbocycles. The first-order valence-electron chi connectivity index (χ1n) is 16.7. The third-order valence-corrected chi connectivity index (χ3v) is 12.3. The van der Waals surface area contributed by atoms with Gasteiger partial charge in [-0.3, -0.25) is 19.2 Å². The van der Waals surface area contributed by atoms with Crippen LogP contribution in [-0.4, -0.2) is 68.0 Å². The van der Waals surface area contributed by atoms with E-state index in [4.69, 9.17) is 4.74 Å². The number of fused-ring (bicyclic) bond motifs is 6. The summed E-state index contributed by atoms with van der Waals surface area (Å²) >= 11 is 0. The number of aromatic nitrogens is 1. The molecule has 0 saturated heterocycles. The van der Waals surface area contributed by atoms with E-state index in [2.05, 4.69) is 17.2 Å². The summed E-state index contributed by atoms with van der Waals surface area (Å²) in [5.74, 6) is -2.07. The Labute approximate surface area is 273 Å². The van der Waals surface area contributed by atoms with Crippen molar-refractivity contribution in [1.82, 2.24) is 10.3 Å². The van der Waals surface area contributed by atoms with E-state index in [0.717, 1.165) is 25.7 Å². The van der Waals surface area contributed by atoms with Gasteiger partial charge in [0.1, 0.15) is 17.4 Å². The van der Waals surface area contributed by atoms with E-state index in [9.17, 15) is 39.3 Å². The number of aliphatic hydroxyl groups is 1. The minimum Gasteiger partial charge on any atom is -0.508 e. The summed E-state index contributed by atoms with van der Waals surface area (Å²) in [6.45, 7) is 3.70. The third kappa shape index (κ3) is 5.76. The van der Waals surface area contributed by atoms with Gasteiger partial charge in [-0.05, 0) is 98.0 Å². The van der Waals surface area contributed by atoms with Gasteiger partial charge in [0.15, 0.2) is 12.4 Å². The molecule has 1 aromatic heterocycles. The predicted molar refractivity (Wildman–Crippen MR) is 170 cm³/mol. The third-order valence-electron chi connectivity index (χ3n) is 12.3. The minimum atomic E-state index is -1.62. The number of rotatable bonds is 10. The number of carbonyl (C=O) groups excluding carboxylic acids is 4. The van der Waals surface area contributed by atoms with E-state index < -0.39 is 47.3 Å². The van der Waals surface area contributed by atoms with Crippen LogP contribution in [0.15, 0.2) is 36.0 Å². The lowest BCUT2D eigenvalue weighted by molar-refractivity contribution is -0.170. The maximum Gasteiger partial charge on any atom is 0.326 e. The maximum absolute atomic E-state index is 13.5. The van der Waals surface area contributed by atoms with Crippen LogP contribution in [-0.2, 0) is 35.1 Å². The number of benzene rings is 1. The monoisotopic (exact) mass is 648 g/mol. The normalized spacial score (nSPS) is 32.0. The second kappa shape index (κ2) is 12.2. The molecule has 4 aliphatic carbocycles. The zero-order valence-electron chi connectivity index (χ0n) is 27.0. The fourth-order valence-corrected chi connectivity index (χ4v) is 9.61. The average molecular weight is 649 g/mol. The molecule has 47 heavy (non-hydrogen) atoms. The van der Waals surface area contributed by atoms with Crippen molar-refractivity contribution in [3.63, 3.8) is 0 Å². The number of allylic oxidation sites excluding steroid dienone is 1. The van der Waals surface area contributed by atoms with Gasteiger partial charge in [0.25, 0.3) is 0 Å². The topological polar surface area (TPSA) is 183 Å². The first-order chi connectivity index (χ1) is 22.2. The summed E-state index contributed by atoms with van der Waals surface area (Å²) in [6, 6.07) is 3.42. The lowest BCUT2D eigenvalue weighted by Crippen LogP contribution is -2.58. The second-order valence-corrected chi connectivity index (χ2v) is 14.6. The molecule has 0 unspecified atom stereocenters. The van der Waals surface area contributed by atoms with E-state index in [1.54, 1.807) is 12.3 Å². The standard InChI is InChI=1S/C36H44N2O9/c1-34-12-9-23(40)16-21(34)3-5-24-26(34)10-13-35(2)27(24)11-14-36(35,46)30(41)19-47-32(43)8-7-31(42)38-29(33(44)45)15-20-18-37-28-6-4-22(39)17-25(20)28/h4,6,16-18,24,26-27,29,37,39,46H,3,5,7-15,19H2,1-2H3,(H,38,42)(H,44,45)/t24-,26+,27+,29+,34+,35+,36+/m1/s1. The summed E-state index contributed by atoms with van der Waals surface area (Å²) in [4.78, 5) is 65.7. The molecular formula is C36H44N2O9. The smallest absolute Gasteiger partial charge is 0.326 e. The van der Waals surface area contributed by atoms with Crippen molar-refractivity contribution >= 4 is 40.3 Å². The number of aliphatic carboxylic acids is 1. The molecule has 0 radical (unpaired) electrons. The van der Waals surface area contributed by atoms with Crippen molar-refractivity contribution in [2.45, 2.75) is 96.1 Å². The number of amides is 1. The van der Waals surface area contributed by atoms with Crippen LogP contribution in [0.4, 0.5) is 0 Å². The molecule has 7 atom stereocenters. The number of ketones is 2. The largest absolute Gasteiger partial charge is 0.508 e. The van der Waals surface area contributed by atoms with Gasteiger partial charge in [-0.25, -0.2) is 4.79 Å². The highest BCUT2D eigenvalue weighted by Crippen LogP contribution is 2.67. The zero-order chi connectivity index (χ0) is 33.7. The van der Waals surface area contributed by atoms with E-state index in [0.29, 0.717) is 54.0 Å². The molecule has 252 valence electrons. The summed E-state index contributed by atoms with van der Waals surface area (Å²) in [6.07, 6.45) is 8.55. The molecule has 4 aliphatic rings. The molecule has 6 rings (SSSR count). The predicted octanol–water partition coefficient (Wildman–Crippen LogP) is 4.14. The van der Waals surface area contributed by atoms with Gasteiger partial charge >= 0.3 is 11.9 Å². The van der Waals surface area contributed by atoms with Crippen LogP contribution in [0.25, 0.3) is 10.9 Å².